The fourth-order valence-electron chi connectivity index (χ4n) is 5.36. The first-order chi connectivity index (χ1) is 14.7. The van der Waals surface area contributed by atoms with E-state index < -0.39 is 0 Å². The number of para-hydroxylation sites is 1. The molecule has 1 aromatic rings. The van der Waals surface area contributed by atoms with Gasteiger partial charge in [0.25, 0.3) is 0 Å². The van der Waals surface area contributed by atoms with Crippen molar-refractivity contribution in [2.75, 3.05) is 26.2 Å². The molecule has 5 atom stereocenters. The zero-order valence-electron chi connectivity index (χ0n) is 17.2. The molecule has 7 heteroatoms. The van der Waals surface area contributed by atoms with Crippen LogP contribution in [0.4, 0.5) is 0 Å². The van der Waals surface area contributed by atoms with Crippen LogP contribution in [0.3, 0.4) is 0 Å². The van der Waals surface area contributed by atoms with Gasteiger partial charge in [0.05, 0.1) is 18.4 Å². The summed E-state index contributed by atoms with van der Waals surface area (Å²) in [6.45, 7) is 4.15. The van der Waals surface area contributed by atoms with Gasteiger partial charge in [0, 0.05) is 26.1 Å². The van der Waals surface area contributed by atoms with E-state index in [1.807, 2.05) is 25.1 Å². The number of rotatable bonds is 6. The zero-order valence-corrected chi connectivity index (χ0v) is 17.2. The molecule has 5 rings (SSSR count). The number of aliphatic imine (C=N–C) groups is 1. The number of carbonyl (C=O) groups is 2. The van der Waals surface area contributed by atoms with E-state index >= 15 is 0 Å². The Bertz CT molecular complexity index is 856. The van der Waals surface area contributed by atoms with Gasteiger partial charge in [-0.2, -0.15) is 0 Å². The van der Waals surface area contributed by atoms with Crippen LogP contribution in [0.1, 0.15) is 18.9 Å². The van der Waals surface area contributed by atoms with Crippen molar-refractivity contribution in [1.29, 1.82) is 0 Å². The fourth-order valence-corrected chi connectivity index (χ4v) is 5.36. The van der Waals surface area contributed by atoms with Crippen molar-refractivity contribution < 1.29 is 14.3 Å². The molecule has 1 aromatic carbocycles. The molecule has 158 valence electrons. The van der Waals surface area contributed by atoms with E-state index in [4.69, 9.17) is 4.74 Å². The third-order valence-corrected chi connectivity index (χ3v) is 6.70. The van der Waals surface area contributed by atoms with Crippen molar-refractivity contribution in [3.05, 3.63) is 42.0 Å². The van der Waals surface area contributed by atoms with Gasteiger partial charge < -0.3 is 15.4 Å². The minimum Gasteiger partial charge on any atom is -0.488 e. The van der Waals surface area contributed by atoms with Gasteiger partial charge in [-0.3, -0.25) is 14.5 Å². The summed E-state index contributed by atoms with van der Waals surface area (Å²) in [7, 11) is 0. The van der Waals surface area contributed by atoms with E-state index in [0.29, 0.717) is 25.6 Å². The number of nitrogens with one attached hydrogen (secondary N) is 2. The molecule has 30 heavy (non-hydrogen) atoms. The molecule has 1 saturated heterocycles. The van der Waals surface area contributed by atoms with Gasteiger partial charge in [0.2, 0.25) is 11.8 Å². The SMILES string of the molecule is CCNC(=NCC1Cc2ccccc2O1)NCCN1C(=O)C2C3C=CC(C3)C2C1=O. The predicted octanol–water partition coefficient (Wildman–Crippen LogP) is 1.35. The maximum atomic E-state index is 12.8. The highest BCUT2D eigenvalue weighted by Gasteiger charge is 2.58. The Labute approximate surface area is 176 Å². The van der Waals surface area contributed by atoms with E-state index in [2.05, 4.69) is 33.8 Å². The molecule has 1 saturated carbocycles. The Morgan fingerprint density at radius 2 is 1.87 bits per heavy atom. The van der Waals surface area contributed by atoms with Crippen LogP contribution in [-0.2, 0) is 16.0 Å². The number of benzene rings is 1. The molecular formula is C23H28N4O3. The minimum absolute atomic E-state index is 0.00251. The van der Waals surface area contributed by atoms with E-state index in [1.165, 1.54) is 10.5 Å². The number of likely N-dealkylation sites (tertiary alicyclic amines) is 1. The summed E-state index contributed by atoms with van der Waals surface area (Å²) < 4.78 is 5.95. The molecule has 2 aliphatic carbocycles. The lowest BCUT2D eigenvalue weighted by Gasteiger charge is -2.19. The summed E-state index contributed by atoms with van der Waals surface area (Å²) in [4.78, 5) is 31.7. The van der Waals surface area contributed by atoms with Gasteiger partial charge in [-0.15, -0.1) is 0 Å². The van der Waals surface area contributed by atoms with Crippen LogP contribution in [0.15, 0.2) is 41.4 Å². The number of imide groups is 1. The highest BCUT2D eigenvalue weighted by atomic mass is 16.5. The molecule has 2 aliphatic heterocycles. The molecule has 7 nitrogen and oxygen atoms in total. The first-order valence-corrected chi connectivity index (χ1v) is 11.0. The first-order valence-electron chi connectivity index (χ1n) is 11.0. The summed E-state index contributed by atoms with van der Waals surface area (Å²) >= 11 is 0. The van der Waals surface area contributed by atoms with Crippen LogP contribution in [0.2, 0.25) is 0 Å². The smallest absolute Gasteiger partial charge is 0.233 e. The summed E-state index contributed by atoms with van der Waals surface area (Å²) in [6, 6.07) is 8.08. The third-order valence-electron chi connectivity index (χ3n) is 6.70. The number of ether oxygens (including phenoxy) is 1. The van der Waals surface area contributed by atoms with E-state index in [1.54, 1.807) is 0 Å². The molecule has 0 aromatic heterocycles. The average Bonchev–Trinajstić information content (AvgIpc) is 3.51. The highest BCUT2D eigenvalue weighted by molar-refractivity contribution is 6.06. The van der Waals surface area contributed by atoms with Crippen molar-refractivity contribution in [3.63, 3.8) is 0 Å². The molecule has 4 aliphatic rings. The summed E-state index contributed by atoms with van der Waals surface area (Å²) in [5.41, 5.74) is 1.22. The number of carbonyl (C=O) groups excluding carboxylic acids is 2. The minimum atomic E-state index is -0.129. The monoisotopic (exact) mass is 408 g/mol. The van der Waals surface area contributed by atoms with Crippen molar-refractivity contribution in [2.24, 2.45) is 28.7 Å². The number of hydrogen-bond acceptors (Lipinski definition) is 4. The molecule has 2 bridgehead atoms. The third kappa shape index (κ3) is 3.26. The topological polar surface area (TPSA) is 83.0 Å². The lowest BCUT2D eigenvalue weighted by Crippen LogP contribution is -2.44. The second kappa shape index (κ2) is 7.78. The number of amides is 2. The number of hydrogen-bond donors (Lipinski definition) is 2. The first kappa shape index (κ1) is 19.2. The fraction of sp³-hybridized carbons (Fsp3) is 0.522. The standard InChI is InChI=1S/C23H28N4O3/c1-2-24-23(26-13-17-12-14-5-3-4-6-18(14)30-17)25-9-10-27-21(28)19-15-7-8-16(11-15)20(19)22(27)29/h3-8,15-17,19-20H,2,9-13H2,1H3,(H2,24,25,26). The second-order valence-corrected chi connectivity index (χ2v) is 8.53. The van der Waals surface area contributed by atoms with Crippen molar-refractivity contribution in [1.82, 2.24) is 15.5 Å². The lowest BCUT2D eigenvalue weighted by atomic mass is 9.85. The Morgan fingerprint density at radius 1 is 1.13 bits per heavy atom. The van der Waals surface area contributed by atoms with Crippen LogP contribution in [-0.4, -0.2) is 55.0 Å². The van der Waals surface area contributed by atoms with Gasteiger partial charge in [-0.25, -0.2) is 4.99 Å². The van der Waals surface area contributed by atoms with Crippen molar-refractivity contribution in [2.45, 2.75) is 25.9 Å². The van der Waals surface area contributed by atoms with Gasteiger partial charge >= 0.3 is 0 Å². The maximum Gasteiger partial charge on any atom is 0.233 e. The maximum absolute atomic E-state index is 12.8. The quantitative estimate of drug-likeness (QED) is 0.321. The number of allylic oxidation sites excluding steroid dienone is 2. The molecule has 0 radical (unpaired) electrons. The molecule has 2 N–H and O–H groups in total. The van der Waals surface area contributed by atoms with Crippen molar-refractivity contribution >= 4 is 17.8 Å². The summed E-state index contributed by atoms with van der Waals surface area (Å²) in [6.07, 6.45) is 6.09. The second-order valence-electron chi connectivity index (χ2n) is 8.53. The van der Waals surface area contributed by atoms with E-state index in [9.17, 15) is 9.59 Å². The van der Waals surface area contributed by atoms with Crippen LogP contribution in [0, 0.1) is 23.7 Å². The van der Waals surface area contributed by atoms with Crippen LogP contribution < -0.4 is 15.4 Å². The molecule has 2 amide bonds. The van der Waals surface area contributed by atoms with E-state index in [0.717, 1.165) is 25.1 Å². The molecule has 5 unspecified atom stereocenters. The number of guanidine groups is 1. The zero-order chi connectivity index (χ0) is 20.7. The van der Waals surface area contributed by atoms with Crippen LogP contribution >= 0.6 is 0 Å². The highest BCUT2D eigenvalue weighted by Crippen LogP contribution is 2.52. The molecule has 2 fully saturated rings. The normalized spacial score (nSPS) is 31.2. The molecular weight excluding hydrogens is 380 g/mol. The van der Waals surface area contributed by atoms with Crippen LogP contribution in [0.5, 0.6) is 5.75 Å². The lowest BCUT2D eigenvalue weighted by molar-refractivity contribution is -0.140. The molecule has 2 heterocycles. The summed E-state index contributed by atoms with van der Waals surface area (Å²) in [5, 5.41) is 6.48. The predicted molar refractivity (Wildman–Crippen MR) is 113 cm³/mol. The van der Waals surface area contributed by atoms with Gasteiger partial charge in [0.15, 0.2) is 5.96 Å². The average molecular weight is 409 g/mol. The Kier molecular flexibility index (Phi) is 4.97. The van der Waals surface area contributed by atoms with Gasteiger partial charge in [-0.1, -0.05) is 30.4 Å². The van der Waals surface area contributed by atoms with Crippen LogP contribution in [0.25, 0.3) is 0 Å². The number of fused-ring (bicyclic) bond motifs is 6. The Balaban J connectivity index is 1.14. The largest absolute Gasteiger partial charge is 0.488 e. The number of nitrogens with zero attached hydrogens (tertiary/aromatic N) is 2. The molecule has 0 spiro atoms. The summed E-state index contributed by atoms with van der Waals surface area (Å²) in [5.74, 6) is 1.87. The van der Waals surface area contributed by atoms with E-state index in [-0.39, 0.29) is 41.6 Å². The van der Waals surface area contributed by atoms with Gasteiger partial charge in [-0.05, 0) is 36.8 Å². The Morgan fingerprint density at radius 3 is 2.57 bits per heavy atom. The Hall–Kier alpha value is -2.83. The van der Waals surface area contributed by atoms with Crippen molar-refractivity contribution in [3.8, 4) is 5.75 Å². The van der Waals surface area contributed by atoms with Gasteiger partial charge in [0.1, 0.15) is 11.9 Å².